The Morgan fingerprint density at radius 2 is 1.97 bits per heavy atom. The zero-order valence-corrected chi connectivity index (χ0v) is 19.9. The van der Waals surface area contributed by atoms with Crippen molar-refractivity contribution in [1.82, 2.24) is 9.78 Å². The summed E-state index contributed by atoms with van der Waals surface area (Å²) in [5, 5.41) is 22.3. The van der Waals surface area contributed by atoms with Crippen molar-refractivity contribution in [2.75, 3.05) is 17.7 Å². The van der Waals surface area contributed by atoms with Crippen LogP contribution in [0.15, 0.2) is 66.1 Å². The van der Waals surface area contributed by atoms with E-state index >= 15 is 0 Å². The molecule has 0 fully saturated rings. The number of ether oxygens (including phenoxy) is 1. The number of benzene rings is 2. The molecule has 1 atom stereocenters. The highest BCUT2D eigenvalue weighted by atomic mass is 16.6. The van der Waals surface area contributed by atoms with Gasteiger partial charge in [0.25, 0.3) is 0 Å². The monoisotopic (exact) mass is 473 g/mol. The standard InChI is InChI=1S/C26H27N5O4/c1-26(2)11-21-24(22(32)12-26)25(29-20-7-5-4-6-19(20)28-21)16-8-9-23(35-3)17(10-16)14-30-15-18(13-27-30)31(33)34/h4-10,13,15,25,28-29H,11-12,14H2,1-3H3/t25-/m0/s1. The van der Waals surface area contributed by atoms with Crippen molar-refractivity contribution < 1.29 is 14.5 Å². The van der Waals surface area contributed by atoms with Crippen molar-refractivity contribution in [3.8, 4) is 5.75 Å². The zero-order chi connectivity index (χ0) is 24.7. The van der Waals surface area contributed by atoms with Crippen LogP contribution in [0.4, 0.5) is 17.1 Å². The summed E-state index contributed by atoms with van der Waals surface area (Å²) >= 11 is 0. The molecule has 180 valence electrons. The van der Waals surface area contributed by atoms with Gasteiger partial charge in [0.1, 0.15) is 18.1 Å². The van der Waals surface area contributed by atoms with Gasteiger partial charge in [-0.25, -0.2) is 0 Å². The van der Waals surface area contributed by atoms with Gasteiger partial charge in [0, 0.05) is 23.3 Å². The summed E-state index contributed by atoms with van der Waals surface area (Å²) in [5.74, 6) is 0.762. The molecule has 0 radical (unpaired) electrons. The molecular formula is C26H27N5O4. The molecule has 0 amide bonds. The van der Waals surface area contributed by atoms with Crippen LogP contribution in [-0.2, 0) is 11.3 Å². The van der Waals surface area contributed by atoms with E-state index < -0.39 is 4.92 Å². The number of para-hydroxylation sites is 2. The maximum Gasteiger partial charge on any atom is 0.307 e. The van der Waals surface area contributed by atoms with Crippen LogP contribution in [0.1, 0.15) is 43.9 Å². The quantitative estimate of drug-likeness (QED) is 0.393. The fraction of sp³-hybridized carbons (Fsp3) is 0.308. The first-order valence-corrected chi connectivity index (χ1v) is 11.5. The lowest BCUT2D eigenvalue weighted by molar-refractivity contribution is -0.385. The summed E-state index contributed by atoms with van der Waals surface area (Å²) in [6.07, 6.45) is 3.86. The Morgan fingerprint density at radius 3 is 2.69 bits per heavy atom. The van der Waals surface area contributed by atoms with Crippen molar-refractivity contribution in [2.24, 2.45) is 5.41 Å². The van der Waals surface area contributed by atoms with E-state index in [0.29, 0.717) is 18.7 Å². The van der Waals surface area contributed by atoms with Gasteiger partial charge in [-0.15, -0.1) is 0 Å². The van der Waals surface area contributed by atoms with Gasteiger partial charge in [-0.2, -0.15) is 5.10 Å². The van der Waals surface area contributed by atoms with Gasteiger partial charge >= 0.3 is 5.69 Å². The minimum atomic E-state index is -0.471. The third-order valence-corrected chi connectivity index (χ3v) is 6.52. The second kappa shape index (κ2) is 8.57. The smallest absolute Gasteiger partial charge is 0.307 e. The first kappa shape index (κ1) is 22.6. The Labute approximate surface area is 202 Å². The van der Waals surface area contributed by atoms with Gasteiger partial charge in [-0.05, 0) is 41.7 Å². The van der Waals surface area contributed by atoms with Gasteiger partial charge in [0.2, 0.25) is 0 Å². The van der Waals surface area contributed by atoms with E-state index in [2.05, 4.69) is 29.6 Å². The number of anilines is 2. The van der Waals surface area contributed by atoms with Crippen LogP contribution in [-0.4, -0.2) is 27.6 Å². The number of hydrogen-bond donors (Lipinski definition) is 2. The Hall–Kier alpha value is -4.14. The SMILES string of the molecule is COc1ccc([C@@H]2Nc3ccccc3NC3=C2C(=O)CC(C)(C)C3)cc1Cn1cc([N+](=O)[O-])cn1. The molecule has 0 spiro atoms. The zero-order valence-electron chi connectivity index (χ0n) is 19.9. The van der Waals surface area contributed by atoms with E-state index in [0.717, 1.165) is 40.2 Å². The normalized spacial score (nSPS) is 18.6. The topological polar surface area (TPSA) is 111 Å². The molecule has 1 aliphatic carbocycles. The molecule has 0 saturated heterocycles. The lowest BCUT2D eigenvalue weighted by Gasteiger charge is -2.34. The van der Waals surface area contributed by atoms with Crippen LogP contribution in [0.5, 0.6) is 5.75 Å². The molecule has 1 aliphatic heterocycles. The van der Waals surface area contributed by atoms with Gasteiger partial charge in [-0.1, -0.05) is 32.0 Å². The number of nitrogens with zero attached hydrogens (tertiary/aromatic N) is 3. The number of Topliss-reactive ketones (excluding diaryl/α,β-unsaturated/α-hetero) is 1. The first-order valence-electron chi connectivity index (χ1n) is 11.5. The maximum absolute atomic E-state index is 13.5. The molecule has 2 N–H and O–H groups in total. The van der Waals surface area contributed by atoms with Crippen LogP contribution in [0.3, 0.4) is 0 Å². The van der Waals surface area contributed by atoms with Gasteiger partial charge in [0.05, 0.1) is 36.0 Å². The summed E-state index contributed by atoms with van der Waals surface area (Å²) < 4.78 is 7.07. The molecule has 2 heterocycles. The fourth-order valence-corrected chi connectivity index (χ4v) is 4.95. The first-order chi connectivity index (χ1) is 16.7. The van der Waals surface area contributed by atoms with Crippen LogP contribution >= 0.6 is 0 Å². The van der Waals surface area contributed by atoms with Crippen molar-refractivity contribution >= 4 is 22.8 Å². The number of hydrogen-bond acceptors (Lipinski definition) is 7. The number of methoxy groups -OCH3 is 1. The van der Waals surface area contributed by atoms with Gasteiger partial charge in [0.15, 0.2) is 5.78 Å². The van der Waals surface area contributed by atoms with E-state index in [1.54, 1.807) is 7.11 Å². The predicted molar refractivity (Wildman–Crippen MR) is 132 cm³/mol. The van der Waals surface area contributed by atoms with Crippen LogP contribution < -0.4 is 15.4 Å². The Morgan fingerprint density at radius 1 is 1.20 bits per heavy atom. The highest BCUT2D eigenvalue weighted by molar-refractivity contribution is 6.01. The predicted octanol–water partition coefficient (Wildman–Crippen LogP) is 5.07. The fourth-order valence-electron chi connectivity index (χ4n) is 4.95. The van der Waals surface area contributed by atoms with Crippen molar-refractivity contribution in [3.63, 3.8) is 0 Å². The molecule has 0 unspecified atom stereocenters. The number of carbonyl (C=O) groups is 1. The summed E-state index contributed by atoms with van der Waals surface area (Å²) in [6.45, 7) is 4.52. The molecule has 9 nitrogen and oxygen atoms in total. The minimum absolute atomic E-state index is 0.0709. The van der Waals surface area contributed by atoms with E-state index in [1.165, 1.54) is 17.1 Å². The highest BCUT2D eigenvalue weighted by Gasteiger charge is 2.38. The van der Waals surface area contributed by atoms with Gasteiger partial charge < -0.3 is 15.4 Å². The van der Waals surface area contributed by atoms with E-state index in [1.807, 2.05) is 42.5 Å². The number of carbonyl (C=O) groups excluding carboxylic acids is 1. The van der Waals surface area contributed by atoms with Crippen molar-refractivity contribution in [1.29, 1.82) is 0 Å². The number of allylic oxidation sites excluding steroid dienone is 1. The van der Waals surface area contributed by atoms with Crippen LogP contribution in [0, 0.1) is 15.5 Å². The second-order valence-corrected chi connectivity index (χ2v) is 9.81. The maximum atomic E-state index is 13.5. The number of aromatic nitrogens is 2. The number of nitro groups is 1. The third kappa shape index (κ3) is 4.37. The van der Waals surface area contributed by atoms with E-state index in [4.69, 9.17) is 4.74 Å². The molecule has 2 aliphatic rings. The summed E-state index contributed by atoms with van der Waals surface area (Å²) in [5.41, 5.74) is 5.04. The van der Waals surface area contributed by atoms with E-state index in [-0.39, 0.29) is 22.9 Å². The molecule has 3 aromatic rings. The molecular weight excluding hydrogens is 446 g/mol. The Bertz CT molecular complexity index is 1360. The molecule has 5 rings (SSSR count). The average molecular weight is 474 g/mol. The number of ketones is 1. The highest BCUT2D eigenvalue weighted by Crippen LogP contribution is 2.45. The molecule has 2 aromatic carbocycles. The largest absolute Gasteiger partial charge is 0.496 e. The second-order valence-electron chi connectivity index (χ2n) is 9.81. The van der Waals surface area contributed by atoms with Crippen molar-refractivity contribution in [2.45, 2.75) is 39.3 Å². The molecule has 9 heteroatoms. The number of rotatable bonds is 5. The summed E-state index contributed by atoms with van der Waals surface area (Å²) in [6, 6.07) is 13.4. The minimum Gasteiger partial charge on any atom is -0.496 e. The summed E-state index contributed by atoms with van der Waals surface area (Å²) in [7, 11) is 1.58. The van der Waals surface area contributed by atoms with Gasteiger partial charge in [-0.3, -0.25) is 19.6 Å². The lowest BCUT2D eigenvalue weighted by atomic mass is 9.73. The lowest BCUT2D eigenvalue weighted by Crippen LogP contribution is -2.31. The van der Waals surface area contributed by atoms with Crippen LogP contribution in [0.25, 0.3) is 0 Å². The van der Waals surface area contributed by atoms with Crippen LogP contribution in [0.2, 0.25) is 0 Å². The Balaban J connectivity index is 1.59. The Kier molecular flexibility index (Phi) is 5.55. The van der Waals surface area contributed by atoms with Crippen molar-refractivity contribution in [3.05, 3.63) is 87.4 Å². The molecule has 0 saturated carbocycles. The number of fused-ring (bicyclic) bond motifs is 1. The molecule has 1 aromatic heterocycles. The number of nitrogens with one attached hydrogen (secondary N) is 2. The third-order valence-electron chi connectivity index (χ3n) is 6.52. The molecule has 35 heavy (non-hydrogen) atoms. The average Bonchev–Trinajstić information content (AvgIpc) is 3.20. The molecule has 0 bridgehead atoms. The van der Waals surface area contributed by atoms with E-state index in [9.17, 15) is 14.9 Å². The summed E-state index contributed by atoms with van der Waals surface area (Å²) in [4.78, 5) is 24.1.